The fourth-order valence-electron chi connectivity index (χ4n) is 3.09. The normalized spacial score (nSPS) is 21.1. The van der Waals surface area contributed by atoms with Gasteiger partial charge >= 0.3 is 0 Å². The number of hydrogen-bond acceptors (Lipinski definition) is 4. The first-order valence-corrected chi connectivity index (χ1v) is 8.87. The largest absolute Gasteiger partial charge is 0.373 e. The Labute approximate surface area is 148 Å². The second kappa shape index (κ2) is 9.63. The highest BCUT2D eigenvalue weighted by Crippen LogP contribution is 2.10. The molecule has 25 heavy (non-hydrogen) atoms. The summed E-state index contributed by atoms with van der Waals surface area (Å²) in [5.74, 6) is -0.649. The molecule has 1 aliphatic rings. The molecular formula is C19H27FN2O3. The number of carbonyl (C=O) groups is 2. The van der Waals surface area contributed by atoms with Crippen LogP contribution >= 0.6 is 0 Å². The number of benzene rings is 1. The zero-order chi connectivity index (χ0) is 18.2. The number of ketones is 1. The smallest absolute Gasteiger partial charge is 0.220 e. The van der Waals surface area contributed by atoms with Gasteiger partial charge in [-0.2, -0.15) is 0 Å². The summed E-state index contributed by atoms with van der Waals surface area (Å²) >= 11 is 0. The summed E-state index contributed by atoms with van der Waals surface area (Å²) in [5.41, 5.74) is 0.435. The SMILES string of the molecule is CC1CN(CCCNC(=O)CCC(=O)c2ccc(F)cc2)CC(C)O1. The van der Waals surface area contributed by atoms with E-state index in [1.807, 2.05) is 0 Å². The van der Waals surface area contributed by atoms with E-state index < -0.39 is 0 Å². The number of rotatable bonds is 8. The number of ether oxygens (including phenoxy) is 1. The van der Waals surface area contributed by atoms with Gasteiger partial charge in [-0.05, 0) is 44.5 Å². The van der Waals surface area contributed by atoms with Gasteiger partial charge in [0, 0.05) is 44.6 Å². The van der Waals surface area contributed by atoms with Crippen molar-refractivity contribution in [2.45, 2.75) is 45.3 Å². The number of Topliss-reactive ketones (excluding diaryl/α,β-unsaturated/α-hetero) is 1. The summed E-state index contributed by atoms with van der Waals surface area (Å²) in [6.45, 7) is 7.51. The summed E-state index contributed by atoms with van der Waals surface area (Å²) in [7, 11) is 0. The molecule has 1 aromatic carbocycles. The van der Waals surface area contributed by atoms with Gasteiger partial charge in [-0.25, -0.2) is 4.39 Å². The maximum Gasteiger partial charge on any atom is 0.220 e. The van der Waals surface area contributed by atoms with Gasteiger partial charge < -0.3 is 10.1 Å². The molecule has 0 aliphatic carbocycles. The van der Waals surface area contributed by atoms with Gasteiger partial charge in [0.2, 0.25) is 5.91 Å². The zero-order valence-corrected chi connectivity index (χ0v) is 15.0. The van der Waals surface area contributed by atoms with Crippen LogP contribution in [-0.2, 0) is 9.53 Å². The molecule has 2 unspecified atom stereocenters. The van der Waals surface area contributed by atoms with Crippen molar-refractivity contribution >= 4 is 11.7 Å². The number of hydrogen-bond donors (Lipinski definition) is 1. The molecule has 6 heteroatoms. The van der Waals surface area contributed by atoms with Crippen molar-refractivity contribution in [3.8, 4) is 0 Å². The predicted molar refractivity (Wildman–Crippen MR) is 94.0 cm³/mol. The summed E-state index contributed by atoms with van der Waals surface area (Å²) in [5, 5.41) is 2.85. The fraction of sp³-hybridized carbons (Fsp3) is 0.579. The third-order valence-electron chi connectivity index (χ3n) is 4.21. The average molecular weight is 350 g/mol. The quantitative estimate of drug-likeness (QED) is 0.578. The minimum Gasteiger partial charge on any atom is -0.373 e. The molecule has 1 aliphatic heterocycles. The van der Waals surface area contributed by atoms with E-state index in [0.29, 0.717) is 12.1 Å². The molecule has 0 bridgehead atoms. The second-order valence-corrected chi connectivity index (χ2v) is 6.65. The van der Waals surface area contributed by atoms with Gasteiger partial charge in [0.25, 0.3) is 0 Å². The molecule has 2 rings (SSSR count). The van der Waals surface area contributed by atoms with Crippen LogP contribution in [-0.4, -0.2) is 55.0 Å². The van der Waals surface area contributed by atoms with Crippen LogP contribution in [0.25, 0.3) is 0 Å². The molecular weight excluding hydrogens is 323 g/mol. The second-order valence-electron chi connectivity index (χ2n) is 6.65. The van der Waals surface area contributed by atoms with E-state index in [0.717, 1.165) is 26.1 Å². The Hall–Kier alpha value is -1.79. The van der Waals surface area contributed by atoms with Crippen molar-refractivity contribution in [3.63, 3.8) is 0 Å². The first kappa shape index (κ1) is 19.5. The summed E-state index contributed by atoms with van der Waals surface area (Å²) < 4.78 is 18.5. The molecule has 0 saturated carbocycles. The Morgan fingerprint density at radius 3 is 2.44 bits per heavy atom. The highest BCUT2D eigenvalue weighted by molar-refractivity contribution is 5.97. The monoisotopic (exact) mass is 350 g/mol. The third-order valence-corrected chi connectivity index (χ3v) is 4.21. The lowest BCUT2D eigenvalue weighted by molar-refractivity contribution is -0.121. The van der Waals surface area contributed by atoms with Crippen LogP contribution in [0.5, 0.6) is 0 Å². The lowest BCUT2D eigenvalue weighted by Crippen LogP contribution is -2.46. The van der Waals surface area contributed by atoms with Gasteiger partial charge in [0.15, 0.2) is 5.78 Å². The number of morpholine rings is 1. The Kier molecular flexibility index (Phi) is 7.52. The summed E-state index contributed by atoms with van der Waals surface area (Å²) in [4.78, 5) is 26.1. The van der Waals surface area contributed by atoms with Crippen LogP contribution in [0.1, 0.15) is 43.5 Å². The van der Waals surface area contributed by atoms with E-state index in [9.17, 15) is 14.0 Å². The first-order chi connectivity index (χ1) is 11.9. The van der Waals surface area contributed by atoms with Crippen molar-refractivity contribution in [2.24, 2.45) is 0 Å². The predicted octanol–water partition coefficient (Wildman–Crippen LogP) is 2.40. The van der Waals surface area contributed by atoms with Crippen LogP contribution in [0.15, 0.2) is 24.3 Å². The Morgan fingerprint density at radius 1 is 1.16 bits per heavy atom. The Bertz CT molecular complexity index is 567. The number of amides is 1. The van der Waals surface area contributed by atoms with Crippen LogP contribution < -0.4 is 5.32 Å². The molecule has 0 aromatic heterocycles. The van der Waals surface area contributed by atoms with E-state index in [-0.39, 0.29) is 42.6 Å². The third kappa shape index (κ3) is 6.92. The van der Waals surface area contributed by atoms with E-state index in [1.165, 1.54) is 24.3 Å². The molecule has 0 radical (unpaired) electrons. The topological polar surface area (TPSA) is 58.6 Å². The van der Waals surface area contributed by atoms with E-state index >= 15 is 0 Å². The highest BCUT2D eigenvalue weighted by atomic mass is 19.1. The molecule has 1 amide bonds. The van der Waals surface area contributed by atoms with Crippen LogP contribution in [0.2, 0.25) is 0 Å². The maximum atomic E-state index is 12.8. The summed E-state index contributed by atoms with van der Waals surface area (Å²) in [6, 6.07) is 5.39. The zero-order valence-electron chi connectivity index (χ0n) is 15.0. The molecule has 1 saturated heterocycles. The van der Waals surface area contributed by atoms with E-state index in [4.69, 9.17) is 4.74 Å². The summed E-state index contributed by atoms with van der Waals surface area (Å²) in [6.07, 6.45) is 1.65. The lowest BCUT2D eigenvalue weighted by atomic mass is 10.1. The van der Waals surface area contributed by atoms with Gasteiger partial charge in [-0.1, -0.05) is 0 Å². The molecule has 1 aromatic rings. The van der Waals surface area contributed by atoms with Crippen molar-refractivity contribution in [2.75, 3.05) is 26.2 Å². The van der Waals surface area contributed by atoms with Crippen LogP contribution in [0.3, 0.4) is 0 Å². The standard InChI is InChI=1S/C19H27FN2O3/c1-14-12-22(13-15(2)25-14)11-3-10-21-19(24)9-8-18(23)16-4-6-17(20)7-5-16/h4-7,14-15H,3,8-13H2,1-2H3,(H,21,24). The van der Waals surface area contributed by atoms with Crippen molar-refractivity contribution in [3.05, 3.63) is 35.6 Å². The first-order valence-electron chi connectivity index (χ1n) is 8.87. The number of nitrogens with one attached hydrogen (secondary N) is 1. The van der Waals surface area contributed by atoms with Crippen LogP contribution in [0, 0.1) is 5.82 Å². The molecule has 138 valence electrons. The highest BCUT2D eigenvalue weighted by Gasteiger charge is 2.21. The van der Waals surface area contributed by atoms with Crippen molar-refractivity contribution in [1.29, 1.82) is 0 Å². The minimum atomic E-state index is -0.377. The number of nitrogens with zero attached hydrogens (tertiary/aromatic N) is 1. The Morgan fingerprint density at radius 2 is 1.80 bits per heavy atom. The minimum absolute atomic E-state index is 0.126. The van der Waals surface area contributed by atoms with Crippen molar-refractivity contribution in [1.82, 2.24) is 10.2 Å². The van der Waals surface area contributed by atoms with Gasteiger partial charge in [0.05, 0.1) is 12.2 Å². The molecule has 1 heterocycles. The van der Waals surface area contributed by atoms with Gasteiger partial charge in [-0.3, -0.25) is 14.5 Å². The van der Waals surface area contributed by atoms with E-state index in [1.54, 1.807) is 0 Å². The average Bonchev–Trinajstić information content (AvgIpc) is 2.56. The van der Waals surface area contributed by atoms with Gasteiger partial charge in [-0.15, -0.1) is 0 Å². The molecule has 1 fully saturated rings. The molecule has 2 atom stereocenters. The Balaban J connectivity index is 1.59. The van der Waals surface area contributed by atoms with Crippen molar-refractivity contribution < 1.29 is 18.7 Å². The lowest BCUT2D eigenvalue weighted by Gasteiger charge is -2.35. The van der Waals surface area contributed by atoms with Crippen LogP contribution in [0.4, 0.5) is 4.39 Å². The molecule has 1 N–H and O–H groups in total. The fourth-order valence-corrected chi connectivity index (χ4v) is 3.09. The number of halogens is 1. The van der Waals surface area contributed by atoms with Gasteiger partial charge in [0.1, 0.15) is 5.82 Å². The molecule has 0 spiro atoms. The molecule has 5 nitrogen and oxygen atoms in total. The maximum absolute atomic E-state index is 12.8. The van der Waals surface area contributed by atoms with E-state index in [2.05, 4.69) is 24.1 Å². The number of carbonyl (C=O) groups excluding carboxylic acids is 2.